The second-order valence-corrected chi connectivity index (χ2v) is 12.0. The van der Waals surface area contributed by atoms with Gasteiger partial charge in [0, 0.05) is 12.6 Å². The number of rotatable bonds is 8. The molecular weight excluding hydrogens is 454 g/mol. The van der Waals surface area contributed by atoms with Crippen LogP contribution in [0.5, 0.6) is 0 Å². The summed E-state index contributed by atoms with van der Waals surface area (Å²) in [5.41, 5.74) is 0.524. The first kappa shape index (κ1) is 32.1. The molecule has 206 valence electrons. The molecule has 0 aromatic carbocycles. The molecule has 1 saturated carbocycles. The first-order valence-corrected chi connectivity index (χ1v) is 13.6. The third-order valence-corrected chi connectivity index (χ3v) is 6.76. The van der Waals surface area contributed by atoms with E-state index >= 15 is 0 Å². The van der Waals surface area contributed by atoms with E-state index in [0.29, 0.717) is 17.9 Å². The van der Waals surface area contributed by atoms with Gasteiger partial charge in [-0.25, -0.2) is 0 Å². The fourth-order valence-corrected chi connectivity index (χ4v) is 4.57. The number of allylic oxidation sites excluding steroid dienone is 4. The molecule has 0 aromatic heterocycles. The number of carboxylic acid groups (broad SMARTS) is 1. The molecule has 1 unspecified atom stereocenters. The lowest BCUT2D eigenvalue weighted by molar-refractivity contribution is -0.145. The van der Waals surface area contributed by atoms with Gasteiger partial charge in [-0.1, -0.05) is 36.8 Å². The number of aliphatic hydroxyl groups excluding tert-OH is 1. The molecule has 1 amide bonds. The van der Waals surface area contributed by atoms with Crippen molar-refractivity contribution in [3.8, 4) is 0 Å². The zero-order chi connectivity index (χ0) is 27.4. The van der Waals surface area contributed by atoms with E-state index in [1.54, 1.807) is 26.8 Å². The number of nitrogens with one attached hydrogen (secondary N) is 1. The summed E-state index contributed by atoms with van der Waals surface area (Å²) >= 11 is 0. The fraction of sp³-hybridized carbons (Fsp3) is 0.733. The van der Waals surface area contributed by atoms with Crippen molar-refractivity contribution < 1.29 is 24.5 Å². The molecule has 0 bridgehead atoms. The van der Waals surface area contributed by atoms with Gasteiger partial charge in [-0.15, -0.1) is 0 Å². The largest absolute Gasteiger partial charge is 0.481 e. The number of aliphatic hydroxyl groups is 1. The Morgan fingerprint density at radius 1 is 1.08 bits per heavy atom. The number of ether oxygens (including phenoxy) is 1. The van der Waals surface area contributed by atoms with Gasteiger partial charge >= 0.3 is 5.97 Å². The van der Waals surface area contributed by atoms with E-state index in [1.807, 2.05) is 13.0 Å². The SMILES string of the molecule is CC(C)(C)C(=O)O.CC/C=C\C(=O)NC1CCC(C/C=C(C)/C=C/[C@@H]2CC(CO)CC(C)(C)O2)CC1. The van der Waals surface area contributed by atoms with Crippen molar-refractivity contribution in [2.45, 2.75) is 118 Å². The number of amides is 1. The second kappa shape index (κ2) is 15.4. The Labute approximate surface area is 219 Å². The molecule has 2 fully saturated rings. The van der Waals surface area contributed by atoms with E-state index in [-0.39, 0.29) is 24.2 Å². The minimum absolute atomic E-state index is 0.0488. The van der Waals surface area contributed by atoms with Crippen LogP contribution in [0.2, 0.25) is 0 Å². The molecule has 2 rings (SSSR count). The minimum atomic E-state index is -0.757. The zero-order valence-corrected chi connectivity index (χ0v) is 23.7. The van der Waals surface area contributed by atoms with Crippen LogP contribution < -0.4 is 5.32 Å². The Kier molecular flexibility index (Phi) is 13.7. The summed E-state index contributed by atoms with van der Waals surface area (Å²) < 4.78 is 6.15. The maximum atomic E-state index is 11.8. The Bertz CT molecular complexity index is 767. The molecular formula is C30H51NO5. The lowest BCUT2D eigenvalue weighted by atomic mass is 9.83. The monoisotopic (exact) mass is 505 g/mol. The van der Waals surface area contributed by atoms with Gasteiger partial charge in [-0.3, -0.25) is 9.59 Å². The molecule has 3 N–H and O–H groups in total. The molecule has 0 radical (unpaired) electrons. The third-order valence-electron chi connectivity index (χ3n) is 6.76. The average molecular weight is 506 g/mol. The van der Waals surface area contributed by atoms with E-state index in [1.165, 1.54) is 18.4 Å². The van der Waals surface area contributed by atoms with Gasteiger partial charge in [0.2, 0.25) is 5.91 Å². The van der Waals surface area contributed by atoms with Crippen LogP contribution in [0.25, 0.3) is 0 Å². The summed E-state index contributed by atoms with van der Waals surface area (Å²) in [5.74, 6) is 0.326. The molecule has 6 nitrogen and oxygen atoms in total. The van der Waals surface area contributed by atoms with Crippen molar-refractivity contribution in [2.75, 3.05) is 6.61 Å². The van der Waals surface area contributed by atoms with Crippen LogP contribution in [-0.2, 0) is 14.3 Å². The van der Waals surface area contributed by atoms with E-state index in [2.05, 4.69) is 44.3 Å². The van der Waals surface area contributed by atoms with Crippen LogP contribution in [0.4, 0.5) is 0 Å². The van der Waals surface area contributed by atoms with Crippen LogP contribution in [-0.4, -0.2) is 46.4 Å². The Balaban J connectivity index is 0.000000809. The topological polar surface area (TPSA) is 95.9 Å². The van der Waals surface area contributed by atoms with Gasteiger partial charge in [0.05, 0.1) is 17.1 Å². The van der Waals surface area contributed by atoms with Crippen LogP contribution in [0.3, 0.4) is 0 Å². The third kappa shape index (κ3) is 13.4. The van der Waals surface area contributed by atoms with Crippen LogP contribution in [0.15, 0.2) is 36.0 Å². The standard InChI is InChI=1S/C25H41NO3.C5H10O2/c1-5-6-7-24(28)26-22-13-11-20(12-14-22)10-8-19(2)9-15-23-16-21(18-27)17-25(3,4)29-23;1-5(2,3)4(6)7/h6-9,15,20-23,27H,5,10-14,16-18H2,1-4H3,(H,26,28);1-3H3,(H,6,7)/b7-6-,15-9+,19-8+;/t20?,21?,22?,23-;/m1./s1. The minimum Gasteiger partial charge on any atom is -0.481 e. The highest BCUT2D eigenvalue weighted by atomic mass is 16.5. The molecule has 1 aliphatic carbocycles. The molecule has 0 spiro atoms. The van der Waals surface area contributed by atoms with Gasteiger partial charge in [-0.05, 0) is 111 Å². The number of carbonyl (C=O) groups is 2. The highest BCUT2D eigenvalue weighted by Gasteiger charge is 2.33. The van der Waals surface area contributed by atoms with Crippen LogP contribution >= 0.6 is 0 Å². The summed E-state index contributed by atoms with van der Waals surface area (Å²) in [6, 6.07) is 0.330. The smallest absolute Gasteiger partial charge is 0.308 e. The van der Waals surface area contributed by atoms with Crippen molar-refractivity contribution in [1.82, 2.24) is 5.32 Å². The quantitative estimate of drug-likeness (QED) is 0.269. The molecule has 1 aliphatic heterocycles. The molecule has 0 aromatic rings. The van der Waals surface area contributed by atoms with Gasteiger partial charge in [0.1, 0.15) is 0 Å². The highest BCUT2D eigenvalue weighted by Crippen LogP contribution is 2.33. The van der Waals surface area contributed by atoms with E-state index in [4.69, 9.17) is 9.84 Å². The number of carboxylic acids is 1. The Morgan fingerprint density at radius 3 is 2.22 bits per heavy atom. The predicted octanol–water partition coefficient (Wildman–Crippen LogP) is 6.20. The summed E-state index contributed by atoms with van der Waals surface area (Å²) in [5, 5.41) is 20.9. The number of aliphatic carboxylic acids is 1. The normalized spacial score (nSPS) is 26.9. The number of hydrogen-bond acceptors (Lipinski definition) is 4. The molecule has 36 heavy (non-hydrogen) atoms. The van der Waals surface area contributed by atoms with Crippen molar-refractivity contribution >= 4 is 11.9 Å². The van der Waals surface area contributed by atoms with Crippen molar-refractivity contribution in [3.05, 3.63) is 36.0 Å². The van der Waals surface area contributed by atoms with E-state index in [0.717, 1.165) is 38.5 Å². The molecule has 2 aliphatic rings. The molecule has 6 heteroatoms. The van der Waals surface area contributed by atoms with Crippen molar-refractivity contribution in [1.29, 1.82) is 0 Å². The van der Waals surface area contributed by atoms with Crippen molar-refractivity contribution in [2.24, 2.45) is 17.3 Å². The highest BCUT2D eigenvalue weighted by molar-refractivity contribution is 5.87. The predicted molar refractivity (Wildman–Crippen MR) is 147 cm³/mol. The van der Waals surface area contributed by atoms with Crippen molar-refractivity contribution in [3.63, 3.8) is 0 Å². The summed E-state index contributed by atoms with van der Waals surface area (Å²) in [4.78, 5) is 21.8. The maximum Gasteiger partial charge on any atom is 0.308 e. The lowest BCUT2D eigenvalue weighted by Crippen LogP contribution is -2.39. The zero-order valence-electron chi connectivity index (χ0n) is 23.7. The van der Waals surface area contributed by atoms with Gasteiger partial charge < -0.3 is 20.3 Å². The first-order valence-electron chi connectivity index (χ1n) is 13.6. The van der Waals surface area contributed by atoms with E-state index < -0.39 is 11.4 Å². The van der Waals surface area contributed by atoms with Crippen LogP contribution in [0, 0.1) is 17.3 Å². The molecule has 1 heterocycles. The first-order chi connectivity index (χ1) is 16.8. The Morgan fingerprint density at radius 2 is 1.69 bits per heavy atom. The maximum absolute atomic E-state index is 11.8. The summed E-state index contributed by atoms with van der Waals surface area (Å²) in [6.07, 6.45) is 18.6. The number of carbonyl (C=O) groups excluding carboxylic acids is 1. The average Bonchev–Trinajstić information content (AvgIpc) is 2.79. The van der Waals surface area contributed by atoms with Gasteiger partial charge in [-0.2, -0.15) is 0 Å². The van der Waals surface area contributed by atoms with Crippen LogP contribution in [0.1, 0.15) is 99.8 Å². The van der Waals surface area contributed by atoms with Gasteiger partial charge in [0.15, 0.2) is 0 Å². The summed E-state index contributed by atoms with van der Waals surface area (Å²) in [6.45, 7) is 13.6. The molecule has 2 atom stereocenters. The molecule has 1 saturated heterocycles. The van der Waals surface area contributed by atoms with E-state index in [9.17, 15) is 14.7 Å². The summed E-state index contributed by atoms with van der Waals surface area (Å²) in [7, 11) is 0. The second-order valence-electron chi connectivity index (χ2n) is 12.0. The fourth-order valence-electron chi connectivity index (χ4n) is 4.57. The Hall–Kier alpha value is -1.92. The number of hydrogen-bond donors (Lipinski definition) is 3. The lowest BCUT2D eigenvalue weighted by Gasteiger charge is -2.39. The van der Waals surface area contributed by atoms with Gasteiger partial charge in [0.25, 0.3) is 0 Å².